The summed E-state index contributed by atoms with van der Waals surface area (Å²) < 4.78 is 5.52. The highest BCUT2D eigenvalue weighted by Crippen LogP contribution is 2.17. The van der Waals surface area contributed by atoms with E-state index in [0.29, 0.717) is 18.2 Å². The Morgan fingerprint density at radius 1 is 1.20 bits per heavy atom. The summed E-state index contributed by atoms with van der Waals surface area (Å²) in [7, 11) is 0. The van der Waals surface area contributed by atoms with Gasteiger partial charge in [0.25, 0.3) is 0 Å². The van der Waals surface area contributed by atoms with Crippen LogP contribution in [0, 0.1) is 0 Å². The highest BCUT2D eigenvalue weighted by Gasteiger charge is 2.19. The topological polar surface area (TPSA) is 47.3 Å². The van der Waals surface area contributed by atoms with Gasteiger partial charge in [-0.05, 0) is 44.6 Å². The largest absolute Gasteiger partial charge is 0.497 e. The molecular formula is C12H22N2O. The fourth-order valence-corrected chi connectivity index (χ4v) is 2.36. The molecule has 1 heterocycles. The minimum Gasteiger partial charge on any atom is -0.497 e. The molecule has 86 valence electrons. The van der Waals surface area contributed by atoms with Crippen LogP contribution < -0.4 is 11.1 Å². The number of hydrogen-bond acceptors (Lipinski definition) is 3. The molecule has 1 aliphatic carbocycles. The smallest absolute Gasteiger partial charge is 0.110 e. The second-order valence-corrected chi connectivity index (χ2v) is 4.73. The molecular weight excluding hydrogens is 188 g/mol. The van der Waals surface area contributed by atoms with Gasteiger partial charge in [-0.1, -0.05) is 0 Å². The molecule has 0 aromatic carbocycles. The predicted molar refractivity (Wildman–Crippen MR) is 61.5 cm³/mol. The molecule has 2 aliphatic rings. The molecule has 3 nitrogen and oxygen atoms in total. The van der Waals surface area contributed by atoms with Crippen LogP contribution >= 0.6 is 0 Å². The average molecular weight is 210 g/mol. The van der Waals surface area contributed by atoms with Crippen LogP contribution in [0.4, 0.5) is 0 Å². The van der Waals surface area contributed by atoms with Crippen LogP contribution in [0.2, 0.25) is 0 Å². The van der Waals surface area contributed by atoms with Gasteiger partial charge in [0.2, 0.25) is 0 Å². The first kappa shape index (κ1) is 11.0. The summed E-state index contributed by atoms with van der Waals surface area (Å²) in [5.74, 6) is 0. The van der Waals surface area contributed by atoms with Gasteiger partial charge in [-0.2, -0.15) is 0 Å². The number of nitrogens with one attached hydrogen (secondary N) is 1. The van der Waals surface area contributed by atoms with E-state index in [-0.39, 0.29) is 0 Å². The van der Waals surface area contributed by atoms with Gasteiger partial charge in [0.1, 0.15) is 6.10 Å². The van der Waals surface area contributed by atoms with Gasteiger partial charge in [-0.15, -0.1) is 0 Å². The highest BCUT2D eigenvalue weighted by molar-refractivity contribution is 4.85. The Balaban J connectivity index is 1.63. The molecule has 0 aromatic rings. The Labute approximate surface area is 92.1 Å². The molecule has 0 radical (unpaired) electrons. The Bertz CT molecular complexity index is 210. The Morgan fingerprint density at radius 3 is 2.67 bits per heavy atom. The minimum atomic E-state index is 0.380. The average Bonchev–Trinajstić information content (AvgIpc) is 2.30. The SMILES string of the molecule is NC1CCC(NCC2CCC=CO2)CC1. The van der Waals surface area contributed by atoms with E-state index in [1.165, 1.54) is 25.7 Å². The van der Waals surface area contributed by atoms with Crippen molar-refractivity contribution < 1.29 is 4.74 Å². The molecule has 0 saturated heterocycles. The summed E-state index contributed by atoms with van der Waals surface area (Å²) in [5, 5.41) is 3.60. The van der Waals surface area contributed by atoms with Gasteiger partial charge in [0.05, 0.1) is 6.26 Å². The van der Waals surface area contributed by atoms with Crippen molar-refractivity contribution in [2.24, 2.45) is 5.73 Å². The lowest BCUT2D eigenvalue weighted by atomic mass is 9.91. The van der Waals surface area contributed by atoms with Crippen molar-refractivity contribution >= 4 is 0 Å². The maximum Gasteiger partial charge on any atom is 0.110 e. The van der Waals surface area contributed by atoms with Crippen molar-refractivity contribution in [1.82, 2.24) is 5.32 Å². The Hall–Kier alpha value is -0.540. The third-order valence-electron chi connectivity index (χ3n) is 3.43. The zero-order chi connectivity index (χ0) is 10.5. The molecule has 0 spiro atoms. The van der Waals surface area contributed by atoms with Crippen LogP contribution in [0.15, 0.2) is 12.3 Å². The quantitative estimate of drug-likeness (QED) is 0.743. The molecule has 1 atom stereocenters. The van der Waals surface area contributed by atoms with Gasteiger partial charge < -0.3 is 15.8 Å². The lowest BCUT2D eigenvalue weighted by Crippen LogP contribution is -2.41. The first-order valence-electron chi connectivity index (χ1n) is 6.14. The van der Waals surface area contributed by atoms with Crippen molar-refractivity contribution in [3.05, 3.63) is 12.3 Å². The summed E-state index contributed by atoms with van der Waals surface area (Å²) in [6.45, 7) is 0.990. The fourth-order valence-electron chi connectivity index (χ4n) is 2.36. The summed E-state index contributed by atoms with van der Waals surface area (Å²) in [4.78, 5) is 0. The summed E-state index contributed by atoms with van der Waals surface area (Å²) in [6, 6.07) is 1.11. The van der Waals surface area contributed by atoms with Crippen molar-refractivity contribution in [3.63, 3.8) is 0 Å². The van der Waals surface area contributed by atoms with E-state index in [4.69, 9.17) is 10.5 Å². The monoisotopic (exact) mass is 210 g/mol. The van der Waals surface area contributed by atoms with Crippen molar-refractivity contribution in [1.29, 1.82) is 0 Å². The van der Waals surface area contributed by atoms with Gasteiger partial charge >= 0.3 is 0 Å². The fraction of sp³-hybridized carbons (Fsp3) is 0.833. The molecule has 1 saturated carbocycles. The molecule has 0 aromatic heterocycles. The molecule has 0 amide bonds. The van der Waals surface area contributed by atoms with Crippen molar-refractivity contribution in [2.75, 3.05) is 6.54 Å². The number of nitrogens with two attached hydrogens (primary N) is 1. The van der Waals surface area contributed by atoms with E-state index in [1.54, 1.807) is 0 Å². The maximum atomic E-state index is 5.87. The molecule has 3 N–H and O–H groups in total. The van der Waals surface area contributed by atoms with Crippen LogP contribution in [0.3, 0.4) is 0 Å². The van der Waals surface area contributed by atoms with E-state index in [9.17, 15) is 0 Å². The van der Waals surface area contributed by atoms with Gasteiger partial charge in [-0.25, -0.2) is 0 Å². The second-order valence-electron chi connectivity index (χ2n) is 4.73. The normalized spacial score (nSPS) is 36.2. The summed E-state index contributed by atoms with van der Waals surface area (Å²) >= 11 is 0. The molecule has 1 unspecified atom stereocenters. The molecule has 2 rings (SSSR count). The van der Waals surface area contributed by atoms with E-state index in [0.717, 1.165) is 19.4 Å². The maximum absolute atomic E-state index is 5.87. The first-order chi connectivity index (χ1) is 7.34. The van der Waals surface area contributed by atoms with Gasteiger partial charge in [-0.3, -0.25) is 0 Å². The van der Waals surface area contributed by atoms with E-state index in [2.05, 4.69) is 11.4 Å². The highest BCUT2D eigenvalue weighted by atomic mass is 16.5. The van der Waals surface area contributed by atoms with Crippen LogP contribution in [-0.2, 0) is 4.74 Å². The standard InChI is InChI=1S/C12H22N2O/c13-10-4-6-11(7-5-10)14-9-12-3-1-2-8-15-12/h2,8,10-12,14H,1,3-7,9,13H2. The predicted octanol–water partition coefficient (Wildman–Crippen LogP) is 1.54. The third kappa shape index (κ3) is 3.50. The van der Waals surface area contributed by atoms with Crippen LogP contribution in [0.1, 0.15) is 38.5 Å². The number of ether oxygens (including phenoxy) is 1. The van der Waals surface area contributed by atoms with Crippen LogP contribution in [0.5, 0.6) is 0 Å². The summed E-state index contributed by atoms with van der Waals surface area (Å²) in [6.07, 6.45) is 11.4. The summed E-state index contributed by atoms with van der Waals surface area (Å²) in [5.41, 5.74) is 5.87. The minimum absolute atomic E-state index is 0.380. The zero-order valence-corrected chi connectivity index (χ0v) is 9.32. The van der Waals surface area contributed by atoms with Crippen LogP contribution in [0.25, 0.3) is 0 Å². The third-order valence-corrected chi connectivity index (χ3v) is 3.43. The molecule has 1 fully saturated rings. The molecule has 15 heavy (non-hydrogen) atoms. The second kappa shape index (κ2) is 5.52. The molecule has 0 bridgehead atoms. The van der Waals surface area contributed by atoms with E-state index in [1.807, 2.05) is 6.26 Å². The first-order valence-corrected chi connectivity index (χ1v) is 6.14. The lowest BCUT2D eigenvalue weighted by molar-refractivity contribution is 0.116. The molecule has 3 heteroatoms. The number of hydrogen-bond donors (Lipinski definition) is 2. The Kier molecular flexibility index (Phi) is 4.03. The van der Waals surface area contributed by atoms with Crippen molar-refractivity contribution in [2.45, 2.75) is 56.7 Å². The van der Waals surface area contributed by atoms with E-state index >= 15 is 0 Å². The van der Waals surface area contributed by atoms with Crippen molar-refractivity contribution in [3.8, 4) is 0 Å². The van der Waals surface area contributed by atoms with Gasteiger partial charge in [0, 0.05) is 18.6 Å². The Morgan fingerprint density at radius 2 is 2.00 bits per heavy atom. The number of allylic oxidation sites excluding steroid dienone is 1. The molecule has 1 aliphatic heterocycles. The van der Waals surface area contributed by atoms with Crippen LogP contribution in [-0.4, -0.2) is 24.7 Å². The van der Waals surface area contributed by atoms with E-state index < -0.39 is 0 Å². The lowest BCUT2D eigenvalue weighted by Gasteiger charge is -2.29. The zero-order valence-electron chi connectivity index (χ0n) is 9.32. The van der Waals surface area contributed by atoms with Gasteiger partial charge in [0.15, 0.2) is 0 Å². The number of rotatable bonds is 3.